The Morgan fingerprint density at radius 3 is 2.67 bits per heavy atom. The van der Waals surface area contributed by atoms with Crippen molar-refractivity contribution < 1.29 is 14.3 Å². The van der Waals surface area contributed by atoms with Crippen LogP contribution in [0.1, 0.15) is 37.3 Å². The third-order valence-electron chi connectivity index (χ3n) is 4.99. The van der Waals surface area contributed by atoms with Crippen LogP contribution in [0.5, 0.6) is 0 Å². The summed E-state index contributed by atoms with van der Waals surface area (Å²) >= 11 is 0. The minimum Gasteiger partial charge on any atom is -0.468 e. The highest BCUT2D eigenvalue weighted by Gasteiger charge is 2.35. The molecule has 1 aromatic rings. The monoisotopic (exact) mass is 330 g/mol. The second kappa shape index (κ2) is 7.79. The Hall–Kier alpha value is -1.88. The van der Waals surface area contributed by atoms with Gasteiger partial charge in [-0.05, 0) is 43.7 Å². The van der Waals surface area contributed by atoms with Gasteiger partial charge >= 0.3 is 5.97 Å². The second-order valence-corrected chi connectivity index (χ2v) is 6.86. The van der Waals surface area contributed by atoms with Gasteiger partial charge in [0, 0.05) is 13.1 Å². The maximum atomic E-state index is 12.4. The van der Waals surface area contributed by atoms with Crippen LogP contribution in [0.2, 0.25) is 0 Å². The van der Waals surface area contributed by atoms with Crippen LogP contribution >= 0.6 is 0 Å². The summed E-state index contributed by atoms with van der Waals surface area (Å²) < 4.78 is 5.02. The second-order valence-electron chi connectivity index (χ2n) is 6.86. The Labute approximate surface area is 143 Å². The molecule has 0 radical (unpaired) electrons. The Morgan fingerprint density at radius 2 is 2.00 bits per heavy atom. The largest absolute Gasteiger partial charge is 0.468 e. The van der Waals surface area contributed by atoms with Gasteiger partial charge in [-0.1, -0.05) is 30.3 Å². The quantitative estimate of drug-likeness (QED) is 0.812. The molecule has 3 rings (SSSR count). The Balaban J connectivity index is 1.68. The smallest absolute Gasteiger partial charge is 0.327 e. The number of benzene rings is 1. The van der Waals surface area contributed by atoms with E-state index in [-0.39, 0.29) is 17.8 Å². The van der Waals surface area contributed by atoms with Crippen LogP contribution in [-0.4, -0.2) is 43.5 Å². The van der Waals surface area contributed by atoms with Gasteiger partial charge in [-0.15, -0.1) is 0 Å². The van der Waals surface area contributed by atoms with Crippen molar-refractivity contribution in [1.29, 1.82) is 0 Å². The highest BCUT2D eigenvalue weighted by Crippen LogP contribution is 2.29. The molecular weight excluding hydrogens is 304 g/mol. The van der Waals surface area contributed by atoms with Crippen LogP contribution in [0.4, 0.5) is 0 Å². The van der Waals surface area contributed by atoms with Crippen LogP contribution in [0.3, 0.4) is 0 Å². The van der Waals surface area contributed by atoms with Gasteiger partial charge < -0.3 is 10.1 Å². The zero-order valence-corrected chi connectivity index (χ0v) is 14.2. The van der Waals surface area contributed by atoms with Crippen molar-refractivity contribution in [1.82, 2.24) is 10.2 Å². The molecular formula is C19H26N2O3. The number of amides is 1. The summed E-state index contributed by atoms with van der Waals surface area (Å²) in [5.74, 6) is 0.498. The van der Waals surface area contributed by atoms with E-state index in [1.165, 1.54) is 20.0 Å². The maximum absolute atomic E-state index is 12.4. The number of esters is 1. The van der Waals surface area contributed by atoms with Gasteiger partial charge in [0.25, 0.3) is 0 Å². The molecule has 1 saturated carbocycles. The van der Waals surface area contributed by atoms with Crippen molar-refractivity contribution in [3.8, 4) is 0 Å². The zero-order chi connectivity index (χ0) is 16.9. The first kappa shape index (κ1) is 17.0. The summed E-state index contributed by atoms with van der Waals surface area (Å²) in [6.45, 7) is 2.21. The number of hydrogen-bond donors (Lipinski definition) is 1. The number of rotatable bonds is 6. The molecule has 1 N–H and O–H groups in total. The van der Waals surface area contributed by atoms with Gasteiger partial charge in [-0.25, -0.2) is 4.79 Å². The van der Waals surface area contributed by atoms with Crippen LogP contribution in [0.15, 0.2) is 30.3 Å². The summed E-state index contributed by atoms with van der Waals surface area (Å²) in [7, 11) is 1.42. The molecule has 2 aliphatic rings. The number of nitrogens with one attached hydrogen (secondary N) is 1. The molecule has 1 aliphatic heterocycles. The number of piperidine rings is 1. The number of hydrogen-bond acceptors (Lipinski definition) is 4. The summed E-state index contributed by atoms with van der Waals surface area (Å²) in [5, 5.41) is 3.07. The van der Waals surface area contributed by atoms with E-state index in [0.717, 1.165) is 31.5 Å². The van der Waals surface area contributed by atoms with E-state index < -0.39 is 6.04 Å². The normalized spacial score (nSPS) is 22.6. The van der Waals surface area contributed by atoms with Crippen molar-refractivity contribution >= 4 is 11.9 Å². The Bertz CT molecular complexity index is 571. The lowest BCUT2D eigenvalue weighted by atomic mass is 9.94. The van der Waals surface area contributed by atoms with Crippen LogP contribution in [-0.2, 0) is 14.3 Å². The molecule has 1 heterocycles. The van der Waals surface area contributed by atoms with Gasteiger partial charge in [0.1, 0.15) is 6.04 Å². The molecule has 0 bridgehead atoms. The lowest BCUT2D eigenvalue weighted by Gasteiger charge is -2.36. The minimum absolute atomic E-state index is 0.0478. The third-order valence-corrected chi connectivity index (χ3v) is 4.99. The molecule has 5 heteroatoms. The average Bonchev–Trinajstić information content (AvgIpc) is 3.45. The van der Waals surface area contributed by atoms with E-state index in [2.05, 4.69) is 10.2 Å². The molecule has 0 spiro atoms. The molecule has 2 fully saturated rings. The summed E-state index contributed by atoms with van der Waals surface area (Å²) in [5.41, 5.74) is 0.920. The van der Waals surface area contributed by atoms with Crippen LogP contribution in [0.25, 0.3) is 0 Å². The molecule has 0 aromatic heterocycles. The van der Waals surface area contributed by atoms with Crippen molar-refractivity contribution in [3.63, 3.8) is 0 Å². The summed E-state index contributed by atoms with van der Waals surface area (Å²) in [6, 6.07) is 9.23. The topological polar surface area (TPSA) is 58.6 Å². The predicted molar refractivity (Wildman–Crippen MR) is 91.2 cm³/mol. The van der Waals surface area contributed by atoms with Crippen LogP contribution < -0.4 is 5.32 Å². The first-order valence-electron chi connectivity index (χ1n) is 8.83. The number of ether oxygens (including phenoxy) is 1. The molecule has 1 aromatic carbocycles. The SMILES string of the molecule is COC(=O)[C@H](c1ccccc1)N1CCC[C@@H](C(=O)NCC2CC2)C1. The van der Waals surface area contributed by atoms with Crippen molar-refractivity contribution in [2.75, 3.05) is 26.7 Å². The molecule has 5 nitrogen and oxygen atoms in total. The zero-order valence-electron chi connectivity index (χ0n) is 14.2. The van der Waals surface area contributed by atoms with E-state index in [4.69, 9.17) is 4.74 Å². The van der Waals surface area contributed by atoms with Gasteiger partial charge in [0.05, 0.1) is 13.0 Å². The molecule has 2 atom stereocenters. The number of carbonyl (C=O) groups is 2. The van der Waals surface area contributed by atoms with Gasteiger partial charge in [-0.3, -0.25) is 9.69 Å². The molecule has 0 unspecified atom stereocenters. The van der Waals surface area contributed by atoms with E-state index in [0.29, 0.717) is 12.5 Å². The lowest BCUT2D eigenvalue weighted by molar-refractivity contribution is -0.149. The fourth-order valence-electron chi connectivity index (χ4n) is 3.41. The van der Waals surface area contributed by atoms with Crippen molar-refractivity contribution in [2.24, 2.45) is 11.8 Å². The maximum Gasteiger partial charge on any atom is 0.327 e. The molecule has 1 aliphatic carbocycles. The fraction of sp³-hybridized carbons (Fsp3) is 0.579. The minimum atomic E-state index is -0.435. The summed E-state index contributed by atoms with van der Waals surface area (Å²) in [6.07, 6.45) is 4.27. The summed E-state index contributed by atoms with van der Waals surface area (Å²) in [4.78, 5) is 26.9. The average molecular weight is 330 g/mol. The number of methoxy groups -OCH3 is 1. The molecule has 130 valence electrons. The highest BCUT2D eigenvalue weighted by atomic mass is 16.5. The number of carbonyl (C=O) groups excluding carboxylic acids is 2. The van der Waals surface area contributed by atoms with Gasteiger partial charge in [0.2, 0.25) is 5.91 Å². The van der Waals surface area contributed by atoms with E-state index in [1.807, 2.05) is 30.3 Å². The van der Waals surface area contributed by atoms with Gasteiger partial charge in [0.15, 0.2) is 0 Å². The third kappa shape index (κ3) is 4.15. The first-order chi connectivity index (χ1) is 11.7. The first-order valence-corrected chi connectivity index (χ1v) is 8.83. The Morgan fingerprint density at radius 1 is 1.25 bits per heavy atom. The van der Waals surface area contributed by atoms with Crippen molar-refractivity contribution in [2.45, 2.75) is 31.7 Å². The van der Waals surface area contributed by atoms with Crippen LogP contribution in [0, 0.1) is 11.8 Å². The van der Waals surface area contributed by atoms with Crippen molar-refractivity contribution in [3.05, 3.63) is 35.9 Å². The standard InChI is InChI=1S/C19H26N2O3/c1-24-19(23)17(15-6-3-2-4-7-15)21-11-5-8-16(13-21)18(22)20-12-14-9-10-14/h2-4,6-7,14,16-17H,5,8-13H2,1H3,(H,20,22)/t16-,17+/m1/s1. The predicted octanol–water partition coefficient (Wildman–Crippen LogP) is 2.14. The molecule has 1 amide bonds. The molecule has 1 saturated heterocycles. The van der Waals surface area contributed by atoms with E-state index in [1.54, 1.807) is 0 Å². The number of likely N-dealkylation sites (tertiary alicyclic amines) is 1. The highest BCUT2D eigenvalue weighted by molar-refractivity contribution is 5.80. The van der Waals surface area contributed by atoms with E-state index >= 15 is 0 Å². The Kier molecular flexibility index (Phi) is 5.51. The lowest BCUT2D eigenvalue weighted by Crippen LogP contribution is -2.46. The number of nitrogens with zero attached hydrogens (tertiary/aromatic N) is 1. The fourth-order valence-corrected chi connectivity index (χ4v) is 3.41. The van der Waals surface area contributed by atoms with E-state index in [9.17, 15) is 9.59 Å². The van der Waals surface area contributed by atoms with Gasteiger partial charge in [-0.2, -0.15) is 0 Å². The molecule has 24 heavy (non-hydrogen) atoms.